The van der Waals surface area contributed by atoms with Crippen molar-refractivity contribution in [2.45, 2.75) is 33.2 Å². The molecule has 1 aromatic carbocycles. The topological polar surface area (TPSA) is 41.6 Å². The van der Waals surface area contributed by atoms with Gasteiger partial charge in [-0.2, -0.15) is 0 Å². The highest BCUT2D eigenvalue weighted by molar-refractivity contribution is 5.78. The fourth-order valence-electron chi connectivity index (χ4n) is 2.40. The number of guanidine groups is 1. The van der Waals surface area contributed by atoms with Gasteiger partial charge in [-0.15, -0.1) is 0 Å². The van der Waals surface area contributed by atoms with Crippen LogP contribution in [-0.2, 0) is 6.54 Å². The zero-order chi connectivity index (χ0) is 13.8. The lowest BCUT2D eigenvalue weighted by Crippen LogP contribution is -2.43. The molecule has 0 aromatic heterocycles. The minimum absolute atomic E-state index is 0.183. The van der Waals surface area contributed by atoms with Crippen LogP contribution >= 0.6 is 0 Å². The highest BCUT2D eigenvalue weighted by Crippen LogP contribution is 2.15. The summed E-state index contributed by atoms with van der Waals surface area (Å²) in [6.45, 7) is 6.37. The van der Waals surface area contributed by atoms with E-state index in [0.29, 0.717) is 24.0 Å². The average molecular weight is 263 g/mol. The zero-order valence-corrected chi connectivity index (χ0v) is 11.7. The van der Waals surface area contributed by atoms with E-state index >= 15 is 0 Å². The second-order valence-corrected chi connectivity index (χ2v) is 5.45. The summed E-state index contributed by atoms with van der Waals surface area (Å²) >= 11 is 0. The quantitative estimate of drug-likeness (QED) is 0.658. The Morgan fingerprint density at radius 1 is 1.53 bits per heavy atom. The van der Waals surface area contributed by atoms with Crippen molar-refractivity contribution in [1.82, 2.24) is 4.90 Å². The van der Waals surface area contributed by atoms with Crippen molar-refractivity contribution < 1.29 is 4.39 Å². The number of likely N-dealkylation sites (tertiary alicyclic amines) is 1. The third kappa shape index (κ3) is 3.69. The molecule has 1 aliphatic heterocycles. The third-order valence-electron chi connectivity index (χ3n) is 3.64. The van der Waals surface area contributed by atoms with E-state index in [0.717, 1.165) is 25.1 Å². The Morgan fingerprint density at radius 3 is 3.00 bits per heavy atom. The Labute approximate surface area is 114 Å². The lowest BCUT2D eigenvalue weighted by Gasteiger charge is -2.31. The number of aryl methyl sites for hydroxylation is 1. The second-order valence-electron chi connectivity index (χ2n) is 5.45. The summed E-state index contributed by atoms with van der Waals surface area (Å²) in [6, 6.07) is 5.21. The highest BCUT2D eigenvalue weighted by atomic mass is 19.1. The molecule has 0 bridgehead atoms. The number of halogens is 1. The van der Waals surface area contributed by atoms with Crippen LogP contribution in [-0.4, -0.2) is 23.9 Å². The van der Waals surface area contributed by atoms with Crippen LogP contribution < -0.4 is 5.73 Å². The predicted molar refractivity (Wildman–Crippen MR) is 76.4 cm³/mol. The fraction of sp³-hybridized carbons (Fsp3) is 0.533. The number of hydrogen-bond acceptors (Lipinski definition) is 1. The lowest BCUT2D eigenvalue weighted by molar-refractivity contribution is 0.270. The Bertz CT molecular complexity index is 470. The van der Waals surface area contributed by atoms with E-state index in [2.05, 4.69) is 16.8 Å². The van der Waals surface area contributed by atoms with Crippen molar-refractivity contribution in [1.29, 1.82) is 0 Å². The van der Waals surface area contributed by atoms with Gasteiger partial charge >= 0.3 is 0 Å². The Morgan fingerprint density at radius 2 is 2.32 bits per heavy atom. The summed E-state index contributed by atoms with van der Waals surface area (Å²) in [5, 5.41) is 0. The van der Waals surface area contributed by atoms with E-state index in [-0.39, 0.29) is 5.82 Å². The van der Waals surface area contributed by atoms with Crippen LogP contribution in [0.2, 0.25) is 0 Å². The standard InChI is InChI=1S/C15H22FN3/c1-11-4-3-7-19(10-11)15(17)18-9-13-6-5-12(2)14(16)8-13/h5-6,8,11H,3-4,7,9-10H2,1-2H3,(H2,17,18). The molecule has 0 amide bonds. The monoisotopic (exact) mass is 263 g/mol. The highest BCUT2D eigenvalue weighted by Gasteiger charge is 2.17. The molecule has 1 unspecified atom stereocenters. The normalized spacial score (nSPS) is 20.7. The number of rotatable bonds is 2. The molecule has 104 valence electrons. The minimum Gasteiger partial charge on any atom is -0.370 e. The van der Waals surface area contributed by atoms with Crippen LogP contribution in [0.1, 0.15) is 30.9 Å². The predicted octanol–water partition coefficient (Wildman–Crippen LogP) is 2.68. The first-order valence-electron chi connectivity index (χ1n) is 6.86. The molecule has 0 radical (unpaired) electrons. The molecule has 3 nitrogen and oxygen atoms in total. The summed E-state index contributed by atoms with van der Waals surface area (Å²) in [7, 11) is 0. The van der Waals surface area contributed by atoms with Gasteiger partial charge in [0.15, 0.2) is 5.96 Å². The van der Waals surface area contributed by atoms with E-state index in [1.54, 1.807) is 13.0 Å². The number of hydrogen-bond donors (Lipinski definition) is 1. The fourth-order valence-corrected chi connectivity index (χ4v) is 2.40. The van der Waals surface area contributed by atoms with Crippen LogP contribution in [0.3, 0.4) is 0 Å². The first-order valence-corrected chi connectivity index (χ1v) is 6.86. The van der Waals surface area contributed by atoms with Crippen LogP contribution in [0, 0.1) is 18.7 Å². The summed E-state index contributed by atoms with van der Waals surface area (Å²) < 4.78 is 13.4. The van der Waals surface area contributed by atoms with Gasteiger partial charge in [0.1, 0.15) is 5.82 Å². The maximum atomic E-state index is 13.4. The average Bonchev–Trinajstić information content (AvgIpc) is 2.40. The molecule has 1 atom stereocenters. The number of nitrogens with two attached hydrogens (primary N) is 1. The molecule has 1 heterocycles. The summed E-state index contributed by atoms with van der Waals surface area (Å²) in [6.07, 6.45) is 2.42. The maximum absolute atomic E-state index is 13.4. The van der Waals surface area contributed by atoms with Crippen LogP contribution in [0.15, 0.2) is 23.2 Å². The van der Waals surface area contributed by atoms with Gasteiger partial charge in [0.2, 0.25) is 0 Å². The van der Waals surface area contributed by atoms with Crippen molar-refractivity contribution in [3.63, 3.8) is 0 Å². The summed E-state index contributed by atoms with van der Waals surface area (Å²) in [4.78, 5) is 6.50. The van der Waals surface area contributed by atoms with E-state index in [1.165, 1.54) is 12.5 Å². The van der Waals surface area contributed by atoms with Crippen molar-refractivity contribution in [3.8, 4) is 0 Å². The van der Waals surface area contributed by atoms with Crippen LogP contribution in [0.25, 0.3) is 0 Å². The van der Waals surface area contributed by atoms with Gasteiger partial charge in [0.05, 0.1) is 6.54 Å². The molecule has 0 spiro atoms. The van der Waals surface area contributed by atoms with Crippen LogP contribution in [0.4, 0.5) is 4.39 Å². The molecule has 4 heteroatoms. The van der Waals surface area contributed by atoms with Crippen molar-refractivity contribution >= 4 is 5.96 Å². The zero-order valence-electron chi connectivity index (χ0n) is 11.7. The molecule has 0 aliphatic carbocycles. The van der Waals surface area contributed by atoms with Gasteiger partial charge < -0.3 is 10.6 Å². The minimum atomic E-state index is -0.183. The van der Waals surface area contributed by atoms with Crippen molar-refractivity contribution in [2.24, 2.45) is 16.6 Å². The molecular weight excluding hydrogens is 241 g/mol. The van der Waals surface area contributed by atoms with Crippen LogP contribution in [0.5, 0.6) is 0 Å². The largest absolute Gasteiger partial charge is 0.370 e. The molecular formula is C15H22FN3. The van der Waals surface area contributed by atoms with Gasteiger partial charge in [-0.25, -0.2) is 9.38 Å². The Balaban J connectivity index is 1.98. The SMILES string of the molecule is Cc1ccc(CN=C(N)N2CCCC(C)C2)cc1F. The molecule has 19 heavy (non-hydrogen) atoms. The third-order valence-corrected chi connectivity index (χ3v) is 3.64. The van der Waals surface area contributed by atoms with E-state index < -0.39 is 0 Å². The van der Waals surface area contributed by atoms with E-state index in [1.807, 2.05) is 6.07 Å². The van der Waals surface area contributed by atoms with E-state index in [9.17, 15) is 4.39 Å². The number of aliphatic imine (C=N–C) groups is 1. The molecule has 1 fully saturated rings. The van der Waals surface area contributed by atoms with Gasteiger partial charge in [0.25, 0.3) is 0 Å². The van der Waals surface area contributed by atoms with Crippen molar-refractivity contribution in [3.05, 3.63) is 35.1 Å². The van der Waals surface area contributed by atoms with Gasteiger partial charge in [-0.3, -0.25) is 0 Å². The first-order chi connectivity index (χ1) is 9.06. The molecule has 2 rings (SSSR count). The molecule has 2 N–H and O–H groups in total. The Hall–Kier alpha value is -1.58. The van der Waals surface area contributed by atoms with Gasteiger partial charge in [0, 0.05) is 13.1 Å². The Kier molecular flexibility index (Phi) is 4.40. The molecule has 0 saturated carbocycles. The summed E-state index contributed by atoms with van der Waals surface area (Å²) in [5.74, 6) is 1.06. The second kappa shape index (κ2) is 6.04. The number of piperidine rings is 1. The molecule has 1 aliphatic rings. The van der Waals surface area contributed by atoms with E-state index in [4.69, 9.17) is 5.73 Å². The number of nitrogens with zero attached hydrogens (tertiary/aromatic N) is 2. The lowest BCUT2D eigenvalue weighted by atomic mass is 10.0. The van der Waals surface area contributed by atoms with Gasteiger partial charge in [-0.05, 0) is 42.9 Å². The molecule has 1 aromatic rings. The van der Waals surface area contributed by atoms with Gasteiger partial charge in [-0.1, -0.05) is 19.1 Å². The first kappa shape index (κ1) is 13.8. The molecule has 1 saturated heterocycles. The smallest absolute Gasteiger partial charge is 0.191 e. The summed E-state index contributed by atoms with van der Waals surface area (Å²) in [5.41, 5.74) is 7.52. The number of benzene rings is 1. The van der Waals surface area contributed by atoms with Crippen molar-refractivity contribution in [2.75, 3.05) is 13.1 Å². The maximum Gasteiger partial charge on any atom is 0.191 e.